The van der Waals surface area contributed by atoms with Crippen molar-refractivity contribution in [2.24, 2.45) is 7.05 Å². The third-order valence-electron chi connectivity index (χ3n) is 3.67. The average molecular weight is 347 g/mol. The molecular formula is C17H25N5OS. The second-order valence-electron chi connectivity index (χ2n) is 6.36. The molecule has 0 aliphatic carbocycles. The second-order valence-corrected chi connectivity index (χ2v) is 6.72. The lowest BCUT2D eigenvalue weighted by Crippen LogP contribution is -2.39. The largest absolute Gasteiger partial charge is 0.353 e. The van der Waals surface area contributed by atoms with Gasteiger partial charge in [0.1, 0.15) is 0 Å². The molecule has 0 radical (unpaired) electrons. The average Bonchev–Trinajstić information content (AvgIpc) is 2.75. The Bertz CT molecular complexity index is 778. The Balaban J connectivity index is 2.18. The molecular weight excluding hydrogens is 322 g/mol. The Morgan fingerprint density at radius 1 is 1.38 bits per heavy atom. The molecule has 2 rings (SSSR count). The van der Waals surface area contributed by atoms with Crippen molar-refractivity contribution in [3.8, 4) is 11.4 Å². The summed E-state index contributed by atoms with van der Waals surface area (Å²) in [6.07, 6.45) is 0. The van der Waals surface area contributed by atoms with Gasteiger partial charge in [-0.25, -0.2) is 4.68 Å². The zero-order chi connectivity index (χ0) is 17.9. The zero-order valence-electron chi connectivity index (χ0n) is 14.9. The number of hydrogen-bond donors (Lipinski definition) is 1. The summed E-state index contributed by atoms with van der Waals surface area (Å²) in [5.41, 5.74) is 2.21. The first kappa shape index (κ1) is 18.4. The van der Waals surface area contributed by atoms with Crippen molar-refractivity contribution in [2.45, 2.75) is 33.5 Å². The van der Waals surface area contributed by atoms with Crippen molar-refractivity contribution in [1.29, 1.82) is 0 Å². The number of carbonyl (C=O) groups excluding carboxylic acids is 1. The molecule has 0 fully saturated rings. The number of amides is 1. The van der Waals surface area contributed by atoms with Crippen LogP contribution >= 0.6 is 12.2 Å². The maximum absolute atomic E-state index is 11.9. The molecule has 0 atom stereocenters. The van der Waals surface area contributed by atoms with Gasteiger partial charge >= 0.3 is 0 Å². The Kier molecular flexibility index (Phi) is 5.90. The molecule has 0 bridgehead atoms. The topological polar surface area (TPSA) is 55.1 Å². The highest BCUT2D eigenvalue weighted by molar-refractivity contribution is 7.71. The van der Waals surface area contributed by atoms with E-state index in [4.69, 9.17) is 12.2 Å². The number of nitrogens with one attached hydrogen (secondary N) is 1. The lowest BCUT2D eigenvalue weighted by Gasteiger charge is -2.17. The van der Waals surface area contributed by atoms with Crippen LogP contribution in [-0.2, 0) is 18.5 Å². The molecule has 0 aliphatic heterocycles. The first-order valence-corrected chi connectivity index (χ1v) is 8.38. The molecule has 0 spiro atoms. The molecule has 2 aromatic rings. The molecule has 1 amide bonds. The van der Waals surface area contributed by atoms with Crippen molar-refractivity contribution in [3.05, 3.63) is 34.6 Å². The molecule has 1 heterocycles. The molecule has 0 unspecified atom stereocenters. The minimum atomic E-state index is -0.00548. The van der Waals surface area contributed by atoms with Crippen LogP contribution in [0.4, 0.5) is 0 Å². The number of carbonyl (C=O) groups is 1. The van der Waals surface area contributed by atoms with E-state index >= 15 is 0 Å². The van der Waals surface area contributed by atoms with Gasteiger partial charge < -0.3 is 9.88 Å². The quantitative estimate of drug-likeness (QED) is 0.815. The smallest absolute Gasteiger partial charge is 0.234 e. The lowest BCUT2D eigenvalue weighted by molar-refractivity contribution is -0.122. The molecule has 1 N–H and O–H groups in total. The van der Waals surface area contributed by atoms with E-state index in [1.807, 2.05) is 55.6 Å². The lowest BCUT2D eigenvalue weighted by atomic mass is 10.1. The van der Waals surface area contributed by atoms with Crippen molar-refractivity contribution in [1.82, 2.24) is 24.6 Å². The predicted octanol–water partition coefficient (Wildman–Crippen LogP) is 2.34. The van der Waals surface area contributed by atoms with E-state index in [0.29, 0.717) is 18.0 Å². The highest BCUT2D eigenvalue weighted by Crippen LogP contribution is 2.21. The summed E-state index contributed by atoms with van der Waals surface area (Å²) in [6.45, 7) is 6.71. The number of aryl methyl sites for hydroxylation is 1. The van der Waals surface area contributed by atoms with Crippen LogP contribution in [0, 0.1) is 11.7 Å². The van der Waals surface area contributed by atoms with Gasteiger partial charge in [-0.15, -0.1) is 0 Å². The monoisotopic (exact) mass is 347 g/mol. The van der Waals surface area contributed by atoms with Gasteiger partial charge in [-0.1, -0.05) is 24.3 Å². The fourth-order valence-electron chi connectivity index (χ4n) is 2.53. The van der Waals surface area contributed by atoms with E-state index in [1.54, 1.807) is 4.68 Å². The van der Waals surface area contributed by atoms with Gasteiger partial charge in [0, 0.05) is 18.7 Å². The normalized spacial score (nSPS) is 11.3. The highest BCUT2D eigenvalue weighted by atomic mass is 32.1. The summed E-state index contributed by atoms with van der Waals surface area (Å²) in [4.78, 5) is 13.8. The van der Waals surface area contributed by atoms with Crippen molar-refractivity contribution >= 4 is 18.1 Å². The maximum atomic E-state index is 11.9. The second kappa shape index (κ2) is 7.72. The SMILES string of the molecule is Cc1ccccc1-c1nn(CN(C)CC(=O)NC(C)C)c(=S)n1C. The van der Waals surface area contributed by atoms with Crippen molar-refractivity contribution in [3.63, 3.8) is 0 Å². The highest BCUT2D eigenvalue weighted by Gasteiger charge is 2.14. The number of hydrogen-bond acceptors (Lipinski definition) is 4. The van der Waals surface area contributed by atoms with Crippen LogP contribution in [-0.4, -0.2) is 44.8 Å². The van der Waals surface area contributed by atoms with Crippen molar-refractivity contribution in [2.75, 3.05) is 13.6 Å². The Morgan fingerprint density at radius 3 is 2.67 bits per heavy atom. The van der Waals surface area contributed by atoms with Crippen LogP contribution < -0.4 is 5.32 Å². The van der Waals surface area contributed by atoms with Crippen LogP contribution in [0.5, 0.6) is 0 Å². The maximum Gasteiger partial charge on any atom is 0.234 e. The van der Waals surface area contributed by atoms with Gasteiger partial charge in [0.2, 0.25) is 5.91 Å². The van der Waals surface area contributed by atoms with Gasteiger partial charge in [-0.3, -0.25) is 9.69 Å². The van der Waals surface area contributed by atoms with E-state index in [9.17, 15) is 4.79 Å². The first-order chi connectivity index (χ1) is 11.3. The standard InChI is InChI=1S/C17H25N5OS/c1-12(2)18-15(23)10-20(4)11-22-17(24)21(5)16(19-22)14-9-7-6-8-13(14)3/h6-9,12H,10-11H2,1-5H3,(H,18,23). The van der Waals surface area contributed by atoms with E-state index < -0.39 is 0 Å². The third kappa shape index (κ3) is 4.30. The van der Waals surface area contributed by atoms with E-state index in [-0.39, 0.29) is 11.9 Å². The van der Waals surface area contributed by atoms with Gasteiger partial charge in [-0.2, -0.15) is 5.10 Å². The number of benzene rings is 1. The molecule has 1 aromatic carbocycles. The number of rotatable bonds is 6. The number of aromatic nitrogens is 3. The first-order valence-electron chi connectivity index (χ1n) is 7.97. The summed E-state index contributed by atoms with van der Waals surface area (Å²) in [5, 5.41) is 7.53. The summed E-state index contributed by atoms with van der Waals surface area (Å²) in [5.74, 6) is 0.826. The van der Waals surface area contributed by atoms with Crippen LogP contribution in [0.1, 0.15) is 19.4 Å². The van der Waals surface area contributed by atoms with Gasteiger partial charge in [-0.05, 0) is 45.6 Å². The van der Waals surface area contributed by atoms with Gasteiger partial charge in [0.05, 0.1) is 13.2 Å². The van der Waals surface area contributed by atoms with Gasteiger partial charge in [0.15, 0.2) is 10.6 Å². The van der Waals surface area contributed by atoms with E-state index in [0.717, 1.165) is 17.0 Å². The third-order valence-corrected chi connectivity index (χ3v) is 4.15. The van der Waals surface area contributed by atoms with E-state index in [1.165, 1.54) is 0 Å². The molecule has 130 valence electrons. The summed E-state index contributed by atoms with van der Waals surface area (Å²) >= 11 is 5.50. The Labute approximate surface area is 148 Å². The van der Waals surface area contributed by atoms with Crippen LogP contribution in [0.25, 0.3) is 11.4 Å². The summed E-state index contributed by atoms with van der Waals surface area (Å²) in [6, 6.07) is 8.23. The fourth-order valence-corrected chi connectivity index (χ4v) is 2.71. The molecule has 24 heavy (non-hydrogen) atoms. The molecule has 6 nitrogen and oxygen atoms in total. The molecule has 0 saturated carbocycles. The Morgan fingerprint density at radius 2 is 2.04 bits per heavy atom. The zero-order valence-corrected chi connectivity index (χ0v) is 15.7. The van der Waals surface area contributed by atoms with Crippen LogP contribution in [0.3, 0.4) is 0 Å². The minimum absolute atomic E-state index is 0.00548. The molecule has 1 aromatic heterocycles. The fraction of sp³-hybridized carbons (Fsp3) is 0.471. The molecule has 0 saturated heterocycles. The molecule has 0 aliphatic rings. The van der Waals surface area contributed by atoms with E-state index in [2.05, 4.69) is 23.4 Å². The predicted molar refractivity (Wildman–Crippen MR) is 98.1 cm³/mol. The summed E-state index contributed by atoms with van der Waals surface area (Å²) < 4.78 is 4.28. The van der Waals surface area contributed by atoms with Gasteiger partial charge in [0.25, 0.3) is 0 Å². The van der Waals surface area contributed by atoms with Crippen molar-refractivity contribution < 1.29 is 4.79 Å². The van der Waals surface area contributed by atoms with Crippen LogP contribution in [0.2, 0.25) is 0 Å². The minimum Gasteiger partial charge on any atom is -0.353 e. The Hall–Kier alpha value is -1.99. The molecule has 7 heteroatoms. The number of nitrogens with zero attached hydrogens (tertiary/aromatic N) is 4. The number of likely N-dealkylation sites (N-methyl/N-ethyl adjacent to an activating group) is 1. The summed E-state index contributed by atoms with van der Waals surface area (Å²) in [7, 11) is 3.79. The van der Waals surface area contributed by atoms with Crippen LogP contribution in [0.15, 0.2) is 24.3 Å².